The van der Waals surface area contributed by atoms with Crippen LogP contribution in [-0.4, -0.2) is 36.9 Å². The summed E-state index contributed by atoms with van der Waals surface area (Å²) in [5, 5.41) is 5.00. The summed E-state index contributed by atoms with van der Waals surface area (Å²) in [7, 11) is -11.7. The predicted molar refractivity (Wildman–Crippen MR) is 106 cm³/mol. The lowest BCUT2D eigenvalue weighted by Gasteiger charge is -2.17. The molecule has 1 amide bonds. The maximum absolute atomic E-state index is 12.7. The lowest BCUT2D eigenvalue weighted by molar-refractivity contribution is -0.116. The fourth-order valence-electron chi connectivity index (χ4n) is 2.85. The van der Waals surface area contributed by atoms with Crippen LogP contribution in [0.3, 0.4) is 0 Å². The number of rotatable bonds is 5. The normalized spacial score (nSPS) is 16.8. The van der Waals surface area contributed by atoms with Gasteiger partial charge in [0.15, 0.2) is 0 Å². The molecule has 1 heterocycles. The highest BCUT2D eigenvalue weighted by atomic mass is 32.2. The lowest BCUT2D eigenvalue weighted by Crippen LogP contribution is -2.29. The minimum atomic E-state index is -4.06. The summed E-state index contributed by atoms with van der Waals surface area (Å²) in [5.41, 5.74) is 0.408. The Balaban J connectivity index is 1.91. The summed E-state index contributed by atoms with van der Waals surface area (Å²) < 4.78 is 74.9. The zero-order valence-corrected chi connectivity index (χ0v) is 17.5. The Bertz CT molecular complexity index is 1300. The standard InChI is InChI=1S/C16H17N3O7S3/c1-11-10-13(19-16(20)8-9-27(19,21)22)4-7-15(11)29(25,26)18-12-2-5-14(6-3-12)28(17,23)24/h2-7,10,18H,8-9H2,1H3,(H2,17,23,24). The summed E-state index contributed by atoms with van der Waals surface area (Å²) in [6.07, 6.45) is -0.127. The molecule has 10 nitrogen and oxygen atoms in total. The van der Waals surface area contributed by atoms with E-state index in [1.807, 2.05) is 0 Å². The lowest BCUT2D eigenvalue weighted by atomic mass is 10.2. The highest BCUT2D eigenvalue weighted by Crippen LogP contribution is 2.29. The second kappa shape index (κ2) is 7.09. The highest BCUT2D eigenvalue weighted by molar-refractivity contribution is 7.94. The molecule has 3 rings (SSSR count). The number of benzene rings is 2. The molecule has 0 aliphatic carbocycles. The number of nitrogens with two attached hydrogens (primary N) is 1. The van der Waals surface area contributed by atoms with Crippen LogP contribution >= 0.6 is 0 Å². The topological polar surface area (TPSA) is 161 Å². The zero-order valence-electron chi connectivity index (χ0n) is 15.1. The first-order chi connectivity index (χ1) is 13.3. The molecule has 0 atom stereocenters. The third-order valence-corrected chi connectivity index (χ3v) is 8.36. The van der Waals surface area contributed by atoms with Gasteiger partial charge in [-0.1, -0.05) is 0 Å². The summed E-state index contributed by atoms with van der Waals surface area (Å²) in [6.45, 7) is 1.47. The van der Waals surface area contributed by atoms with Gasteiger partial charge in [0, 0.05) is 12.1 Å². The summed E-state index contributed by atoms with van der Waals surface area (Å²) >= 11 is 0. The largest absolute Gasteiger partial charge is 0.280 e. The molecule has 0 saturated carbocycles. The monoisotopic (exact) mass is 459 g/mol. The molecule has 29 heavy (non-hydrogen) atoms. The molecule has 2 aromatic rings. The molecule has 1 aliphatic rings. The SMILES string of the molecule is Cc1cc(N2C(=O)CCS2(=O)=O)ccc1S(=O)(=O)Nc1ccc(S(N)(=O)=O)cc1. The molecular formula is C16H17N3O7S3. The number of carbonyl (C=O) groups excluding carboxylic acids is 1. The van der Waals surface area contributed by atoms with E-state index in [1.165, 1.54) is 37.3 Å². The number of carbonyl (C=O) groups is 1. The molecule has 1 fully saturated rings. The molecule has 0 spiro atoms. The number of anilines is 2. The van der Waals surface area contributed by atoms with Crippen molar-refractivity contribution in [2.45, 2.75) is 23.1 Å². The molecule has 0 aromatic heterocycles. The fourth-order valence-corrected chi connectivity index (χ4v) is 6.11. The zero-order chi connectivity index (χ0) is 21.6. The molecule has 0 bridgehead atoms. The number of aryl methyl sites for hydroxylation is 1. The van der Waals surface area contributed by atoms with Crippen molar-refractivity contribution in [1.29, 1.82) is 0 Å². The second-order valence-electron chi connectivity index (χ2n) is 6.35. The molecular weight excluding hydrogens is 442 g/mol. The number of nitrogens with zero attached hydrogens (tertiary/aromatic N) is 1. The number of nitrogens with one attached hydrogen (secondary N) is 1. The average molecular weight is 460 g/mol. The molecule has 156 valence electrons. The smallest absolute Gasteiger partial charge is 0.262 e. The van der Waals surface area contributed by atoms with Gasteiger partial charge in [-0.2, -0.15) is 0 Å². The molecule has 13 heteroatoms. The van der Waals surface area contributed by atoms with Crippen LogP contribution in [0, 0.1) is 6.92 Å². The van der Waals surface area contributed by atoms with Gasteiger partial charge >= 0.3 is 0 Å². The van der Waals surface area contributed by atoms with Crippen molar-refractivity contribution in [1.82, 2.24) is 0 Å². The minimum Gasteiger partial charge on any atom is -0.280 e. The number of amides is 1. The van der Waals surface area contributed by atoms with Crippen LogP contribution in [0.15, 0.2) is 52.3 Å². The van der Waals surface area contributed by atoms with E-state index in [4.69, 9.17) is 5.14 Å². The van der Waals surface area contributed by atoms with Crippen LogP contribution in [0.4, 0.5) is 11.4 Å². The van der Waals surface area contributed by atoms with Gasteiger partial charge in [-0.3, -0.25) is 9.52 Å². The third kappa shape index (κ3) is 4.27. The minimum absolute atomic E-state index is 0.0708. The molecule has 3 N–H and O–H groups in total. The second-order valence-corrected chi connectivity index (χ2v) is 11.5. The number of hydrogen-bond donors (Lipinski definition) is 2. The van der Waals surface area contributed by atoms with Crippen LogP contribution < -0.4 is 14.2 Å². The number of sulfonamides is 3. The molecule has 1 aliphatic heterocycles. The number of primary sulfonamides is 1. The maximum Gasteiger partial charge on any atom is 0.262 e. The van der Waals surface area contributed by atoms with E-state index in [1.54, 1.807) is 0 Å². The quantitative estimate of drug-likeness (QED) is 0.658. The van der Waals surface area contributed by atoms with E-state index in [9.17, 15) is 30.0 Å². The summed E-state index contributed by atoms with van der Waals surface area (Å²) in [5.74, 6) is -0.867. The first-order valence-electron chi connectivity index (χ1n) is 8.13. The van der Waals surface area contributed by atoms with E-state index < -0.39 is 36.0 Å². The average Bonchev–Trinajstić information content (AvgIpc) is 2.86. The van der Waals surface area contributed by atoms with E-state index in [2.05, 4.69) is 4.72 Å². The van der Waals surface area contributed by atoms with E-state index in [0.29, 0.717) is 4.31 Å². The van der Waals surface area contributed by atoms with Gasteiger partial charge in [0.1, 0.15) is 0 Å². The van der Waals surface area contributed by atoms with Gasteiger partial charge < -0.3 is 0 Å². The first kappa shape index (κ1) is 21.2. The van der Waals surface area contributed by atoms with Crippen LogP contribution in [0.25, 0.3) is 0 Å². The Hall–Kier alpha value is -2.48. The molecule has 0 unspecified atom stereocenters. The van der Waals surface area contributed by atoms with E-state index in [-0.39, 0.29) is 38.9 Å². The Kier molecular flexibility index (Phi) is 5.19. The van der Waals surface area contributed by atoms with Gasteiger partial charge in [-0.15, -0.1) is 0 Å². The Morgan fingerprint density at radius 3 is 2.14 bits per heavy atom. The van der Waals surface area contributed by atoms with Gasteiger partial charge in [0.25, 0.3) is 10.0 Å². The van der Waals surface area contributed by atoms with Gasteiger partial charge in [-0.05, 0) is 55.0 Å². The van der Waals surface area contributed by atoms with E-state index >= 15 is 0 Å². The third-order valence-electron chi connectivity index (χ3n) is 4.20. The summed E-state index contributed by atoms with van der Waals surface area (Å²) in [4.78, 5) is 11.6. The molecule has 2 aromatic carbocycles. The van der Waals surface area contributed by atoms with Crippen molar-refractivity contribution in [3.8, 4) is 0 Å². The van der Waals surface area contributed by atoms with Crippen LogP contribution in [-0.2, 0) is 34.9 Å². The molecule has 0 radical (unpaired) electrons. The van der Waals surface area contributed by atoms with Crippen molar-refractivity contribution in [2.75, 3.05) is 14.8 Å². The predicted octanol–water partition coefficient (Wildman–Crippen LogP) is 0.510. The van der Waals surface area contributed by atoms with Crippen LogP contribution in [0.2, 0.25) is 0 Å². The van der Waals surface area contributed by atoms with Crippen molar-refractivity contribution < 1.29 is 30.0 Å². The van der Waals surface area contributed by atoms with Crippen molar-refractivity contribution in [3.05, 3.63) is 48.0 Å². The van der Waals surface area contributed by atoms with Gasteiger partial charge in [0.05, 0.1) is 21.2 Å². The van der Waals surface area contributed by atoms with E-state index in [0.717, 1.165) is 12.1 Å². The Morgan fingerprint density at radius 1 is 1.03 bits per heavy atom. The fraction of sp³-hybridized carbons (Fsp3) is 0.188. The maximum atomic E-state index is 12.7. The summed E-state index contributed by atoms with van der Waals surface area (Å²) in [6, 6.07) is 8.56. The van der Waals surface area contributed by atoms with Gasteiger partial charge in [-0.25, -0.2) is 34.7 Å². The Morgan fingerprint density at radius 2 is 1.66 bits per heavy atom. The van der Waals surface area contributed by atoms with Crippen molar-refractivity contribution in [2.24, 2.45) is 5.14 Å². The van der Waals surface area contributed by atoms with Crippen LogP contribution in [0.1, 0.15) is 12.0 Å². The van der Waals surface area contributed by atoms with Crippen molar-refractivity contribution >= 4 is 47.4 Å². The van der Waals surface area contributed by atoms with Crippen LogP contribution in [0.5, 0.6) is 0 Å². The molecule has 1 saturated heterocycles. The Labute approximate surface area is 168 Å². The first-order valence-corrected chi connectivity index (χ1v) is 12.8. The highest BCUT2D eigenvalue weighted by Gasteiger charge is 2.36. The van der Waals surface area contributed by atoms with Gasteiger partial charge in [0.2, 0.25) is 26.0 Å². The van der Waals surface area contributed by atoms with Crippen molar-refractivity contribution in [3.63, 3.8) is 0 Å². The number of hydrogen-bond acceptors (Lipinski definition) is 7.